The van der Waals surface area contributed by atoms with Crippen molar-refractivity contribution in [3.63, 3.8) is 0 Å². The number of rotatable bonds is 11. The quantitative estimate of drug-likeness (QED) is 0.238. The topological polar surface area (TPSA) is 99.9 Å². The van der Waals surface area contributed by atoms with Crippen LogP contribution in [0.4, 0.5) is 0 Å². The van der Waals surface area contributed by atoms with Crippen molar-refractivity contribution < 1.29 is 27.6 Å². The van der Waals surface area contributed by atoms with E-state index in [1.807, 2.05) is 51.1 Å². The van der Waals surface area contributed by atoms with Crippen LogP contribution < -0.4 is 14.2 Å². The molecule has 0 amide bonds. The number of benzene rings is 2. The Bertz CT molecular complexity index is 1470. The SMILES string of the molecule is CCOC(=O)Cc1ccc(OC)cc1OCc1coc2ccc(-c3ccnc(CN[S@@](=O)C(C)(C)C)c3)cc12. The van der Waals surface area contributed by atoms with Crippen molar-refractivity contribution in [2.75, 3.05) is 13.7 Å². The maximum atomic E-state index is 12.4. The van der Waals surface area contributed by atoms with Gasteiger partial charge in [0.1, 0.15) is 23.7 Å². The lowest BCUT2D eigenvalue weighted by Gasteiger charge is -2.18. The van der Waals surface area contributed by atoms with Gasteiger partial charge in [-0.2, -0.15) is 0 Å². The van der Waals surface area contributed by atoms with E-state index < -0.39 is 11.0 Å². The fourth-order valence-electron chi connectivity index (χ4n) is 3.95. The summed E-state index contributed by atoms with van der Waals surface area (Å²) in [5.41, 5.74) is 5.11. The number of aromatic nitrogens is 1. The summed E-state index contributed by atoms with van der Waals surface area (Å²) in [6.45, 7) is 8.52. The smallest absolute Gasteiger partial charge is 0.310 e. The van der Waals surface area contributed by atoms with Crippen molar-refractivity contribution in [2.24, 2.45) is 0 Å². The molecule has 206 valence electrons. The molecule has 1 N–H and O–H groups in total. The third kappa shape index (κ3) is 7.25. The van der Waals surface area contributed by atoms with Crippen LogP contribution in [0.3, 0.4) is 0 Å². The molecule has 39 heavy (non-hydrogen) atoms. The number of nitrogens with zero attached hydrogens (tertiary/aromatic N) is 1. The number of fused-ring (bicyclic) bond motifs is 1. The Balaban J connectivity index is 1.54. The molecule has 2 aromatic carbocycles. The lowest BCUT2D eigenvalue weighted by Crippen LogP contribution is -2.33. The van der Waals surface area contributed by atoms with Gasteiger partial charge < -0.3 is 18.6 Å². The van der Waals surface area contributed by atoms with Gasteiger partial charge >= 0.3 is 5.97 Å². The first-order chi connectivity index (χ1) is 18.7. The molecule has 0 saturated heterocycles. The van der Waals surface area contributed by atoms with E-state index in [1.165, 1.54) is 0 Å². The van der Waals surface area contributed by atoms with Gasteiger partial charge in [0.05, 0.1) is 54.4 Å². The fourth-order valence-corrected chi connectivity index (χ4v) is 4.66. The molecule has 0 aliphatic heterocycles. The molecule has 0 saturated carbocycles. The van der Waals surface area contributed by atoms with Crippen molar-refractivity contribution >= 4 is 27.9 Å². The summed E-state index contributed by atoms with van der Waals surface area (Å²) in [6.07, 6.45) is 3.54. The summed E-state index contributed by atoms with van der Waals surface area (Å²) in [5.74, 6) is 0.862. The molecule has 2 heterocycles. The van der Waals surface area contributed by atoms with E-state index in [2.05, 4.69) is 15.8 Å². The van der Waals surface area contributed by atoms with Crippen LogP contribution in [0, 0.1) is 0 Å². The molecule has 0 bridgehead atoms. The number of nitrogens with one attached hydrogen (secondary N) is 1. The van der Waals surface area contributed by atoms with E-state index >= 15 is 0 Å². The zero-order valence-corrected chi connectivity index (χ0v) is 23.7. The highest BCUT2D eigenvalue weighted by atomic mass is 32.2. The minimum Gasteiger partial charge on any atom is -0.497 e. The molecular formula is C30H34N2O6S. The first-order valence-electron chi connectivity index (χ1n) is 12.7. The molecule has 0 radical (unpaired) electrons. The van der Waals surface area contributed by atoms with Crippen LogP contribution in [0.2, 0.25) is 0 Å². The second-order valence-electron chi connectivity index (χ2n) is 9.95. The van der Waals surface area contributed by atoms with E-state index in [0.717, 1.165) is 33.4 Å². The van der Waals surface area contributed by atoms with Gasteiger partial charge in [-0.05, 0) is 69.2 Å². The Hall–Kier alpha value is -3.69. The number of esters is 1. The Morgan fingerprint density at radius 2 is 1.85 bits per heavy atom. The fraction of sp³-hybridized carbons (Fsp3) is 0.333. The van der Waals surface area contributed by atoms with Crippen LogP contribution in [0.5, 0.6) is 11.5 Å². The van der Waals surface area contributed by atoms with Crippen molar-refractivity contribution in [1.29, 1.82) is 0 Å². The number of hydrogen-bond acceptors (Lipinski definition) is 7. The van der Waals surface area contributed by atoms with Gasteiger partial charge in [0, 0.05) is 28.8 Å². The monoisotopic (exact) mass is 550 g/mol. The van der Waals surface area contributed by atoms with Crippen LogP contribution in [-0.2, 0) is 40.1 Å². The second-order valence-corrected chi connectivity index (χ2v) is 12.0. The van der Waals surface area contributed by atoms with E-state index in [4.69, 9.17) is 18.6 Å². The molecule has 4 rings (SSSR count). The molecule has 0 aliphatic rings. The van der Waals surface area contributed by atoms with Crippen molar-refractivity contribution in [3.8, 4) is 22.6 Å². The summed E-state index contributed by atoms with van der Waals surface area (Å²) in [4.78, 5) is 16.5. The molecule has 0 aliphatic carbocycles. The minimum absolute atomic E-state index is 0.103. The van der Waals surface area contributed by atoms with Crippen molar-refractivity contribution in [1.82, 2.24) is 9.71 Å². The molecule has 0 fully saturated rings. The van der Waals surface area contributed by atoms with E-state index in [0.29, 0.717) is 30.2 Å². The highest BCUT2D eigenvalue weighted by Crippen LogP contribution is 2.31. The zero-order chi connectivity index (χ0) is 28.0. The molecule has 4 aromatic rings. The molecule has 1 atom stereocenters. The zero-order valence-electron chi connectivity index (χ0n) is 22.9. The first kappa shape index (κ1) is 28.3. The van der Waals surface area contributed by atoms with E-state index in [-0.39, 0.29) is 23.7 Å². The number of carbonyl (C=O) groups excluding carboxylic acids is 1. The summed E-state index contributed by atoms with van der Waals surface area (Å²) < 4.78 is 37.5. The number of methoxy groups -OCH3 is 1. The van der Waals surface area contributed by atoms with Gasteiger partial charge in [-0.25, -0.2) is 8.93 Å². The number of furan rings is 1. The summed E-state index contributed by atoms with van der Waals surface area (Å²) >= 11 is 0. The van der Waals surface area contributed by atoms with Crippen molar-refractivity contribution in [2.45, 2.75) is 52.0 Å². The highest BCUT2D eigenvalue weighted by Gasteiger charge is 2.19. The summed E-state index contributed by atoms with van der Waals surface area (Å²) in [6, 6.07) is 15.3. The molecule has 2 aromatic heterocycles. The van der Waals surface area contributed by atoms with E-state index in [9.17, 15) is 9.00 Å². The standard InChI is InChI=1S/C30H34N2O6S/c1-6-36-29(33)15-22-7-9-25(35-5)16-28(22)38-19-23-18-37-27-10-8-20(14-26(23)27)21-11-12-31-24(13-21)17-32-39(34)30(2,3)4/h7-14,16,18,32H,6,15,17,19H2,1-5H3/t39-/m0/s1. The minimum atomic E-state index is -1.18. The molecule has 0 unspecified atom stereocenters. The third-order valence-electron chi connectivity index (χ3n) is 6.04. The number of ether oxygens (including phenoxy) is 3. The average molecular weight is 551 g/mol. The van der Waals surface area contributed by atoms with Gasteiger partial charge in [0.25, 0.3) is 0 Å². The molecule has 8 nitrogen and oxygen atoms in total. The summed E-state index contributed by atoms with van der Waals surface area (Å²) in [7, 11) is 0.401. The third-order valence-corrected chi connectivity index (χ3v) is 7.56. The first-order valence-corrected chi connectivity index (χ1v) is 13.9. The van der Waals surface area contributed by atoms with Gasteiger partial charge in [-0.1, -0.05) is 12.1 Å². The van der Waals surface area contributed by atoms with Crippen LogP contribution >= 0.6 is 0 Å². The number of hydrogen-bond donors (Lipinski definition) is 1. The Labute approximate surface area is 231 Å². The van der Waals surface area contributed by atoms with E-state index in [1.54, 1.807) is 38.6 Å². The van der Waals surface area contributed by atoms with Gasteiger partial charge in [-0.3, -0.25) is 9.78 Å². The second kappa shape index (κ2) is 12.4. The molecular weight excluding hydrogens is 516 g/mol. The Morgan fingerprint density at radius 3 is 2.59 bits per heavy atom. The average Bonchev–Trinajstić information content (AvgIpc) is 3.33. The Kier molecular flexibility index (Phi) is 9.04. The molecule has 0 spiro atoms. The van der Waals surface area contributed by atoms with Crippen molar-refractivity contribution in [3.05, 3.63) is 77.8 Å². The Morgan fingerprint density at radius 1 is 1.05 bits per heavy atom. The predicted molar refractivity (Wildman–Crippen MR) is 152 cm³/mol. The predicted octanol–water partition coefficient (Wildman–Crippen LogP) is 5.74. The largest absolute Gasteiger partial charge is 0.497 e. The van der Waals surface area contributed by atoms with Crippen LogP contribution in [0.1, 0.15) is 44.5 Å². The maximum Gasteiger partial charge on any atom is 0.310 e. The van der Waals surface area contributed by atoms with Gasteiger partial charge in [0.15, 0.2) is 0 Å². The van der Waals surface area contributed by atoms with Crippen LogP contribution in [-0.4, -0.2) is 33.6 Å². The number of carbonyl (C=O) groups is 1. The maximum absolute atomic E-state index is 12.4. The molecule has 9 heteroatoms. The van der Waals surface area contributed by atoms with Gasteiger partial charge in [-0.15, -0.1) is 0 Å². The lowest BCUT2D eigenvalue weighted by atomic mass is 10.0. The van der Waals surface area contributed by atoms with Gasteiger partial charge in [0.2, 0.25) is 0 Å². The lowest BCUT2D eigenvalue weighted by molar-refractivity contribution is -0.142. The number of pyridine rings is 1. The normalized spacial score (nSPS) is 12.3. The summed E-state index contributed by atoms with van der Waals surface area (Å²) in [5, 5.41) is 0.924. The highest BCUT2D eigenvalue weighted by molar-refractivity contribution is 7.84. The van der Waals surface area contributed by atoms with Crippen LogP contribution in [0.15, 0.2) is 65.4 Å². The van der Waals surface area contributed by atoms with Crippen LogP contribution in [0.25, 0.3) is 22.1 Å².